The van der Waals surface area contributed by atoms with Gasteiger partial charge in [0.1, 0.15) is 12.4 Å². The van der Waals surface area contributed by atoms with Crippen molar-refractivity contribution in [3.05, 3.63) is 59.4 Å². The van der Waals surface area contributed by atoms with E-state index < -0.39 is 0 Å². The van der Waals surface area contributed by atoms with Gasteiger partial charge in [-0.15, -0.1) is 0 Å². The van der Waals surface area contributed by atoms with Crippen molar-refractivity contribution in [3.8, 4) is 11.8 Å². The molecule has 2 aromatic rings. The van der Waals surface area contributed by atoms with Crippen LogP contribution in [0.15, 0.2) is 33.2 Å². The number of hydrogen-bond donors (Lipinski definition) is 0. The van der Waals surface area contributed by atoms with Gasteiger partial charge in [0.2, 0.25) is 0 Å². The average Bonchev–Trinajstić information content (AvgIpc) is 2.45. The predicted molar refractivity (Wildman–Crippen MR) is 92.4 cm³/mol. The molecule has 0 amide bonds. The second-order valence-electron chi connectivity index (χ2n) is 3.99. The molecule has 0 aromatic heterocycles. The van der Waals surface area contributed by atoms with Gasteiger partial charge in [-0.3, -0.25) is 0 Å². The fourth-order valence-corrected chi connectivity index (χ4v) is 3.68. The van der Waals surface area contributed by atoms with Crippen molar-refractivity contribution >= 4 is 66.7 Å². The molecule has 2 nitrogen and oxygen atoms in total. The van der Waals surface area contributed by atoms with Crippen molar-refractivity contribution in [1.29, 1.82) is 5.26 Å². The van der Waals surface area contributed by atoms with E-state index >= 15 is 0 Å². The molecule has 0 fully saturated rings. The highest BCUT2D eigenvalue weighted by molar-refractivity contribution is 9.11. The number of nitriles is 1. The summed E-state index contributed by atoms with van der Waals surface area (Å²) in [6.45, 7) is 0.154. The van der Waals surface area contributed by atoms with Crippen LogP contribution < -0.4 is 4.74 Å². The Morgan fingerprint density at radius 2 is 1.62 bits per heavy atom. The van der Waals surface area contributed by atoms with Crippen molar-refractivity contribution in [1.82, 2.24) is 0 Å². The van der Waals surface area contributed by atoms with E-state index in [-0.39, 0.29) is 6.61 Å². The molecular weight excluding hydrogens is 464 g/mol. The minimum atomic E-state index is 0.154. The first-order valence-corrected chi connectivity index (χ1v) is 8.30. The molecule has 0 bridgehead atoms. The summed E-state index contributed by atoms with van der Waals surface area (Å²) >= 11 is 24.9. The molecule has 0 spiro atoms. The van der Waals surface area contributed by atoms with E-state index in [0.29, 0.717) is 40.9 Å². The Hall–Kier alpha value is -0.440. The molecule has 7 heteroatoms. The summed E-state index contributed by atoms with van der Waals surface area (Å²) in [5.74, 6) is 0.557. The molecule has 108 valence electrons. The molecule has 2 rings (SSSR count). The monoisotopic (exact) mass is 467 g/mol. The van der Waals surface area contributed by atoms with Crippen molar-refractivity contribution in [2.24, 2.45) is 0 Å². The van der Waals surface area contributed by atoms with E-state index in [4.69, 9.17) is 44.8 Å². The van der Waals surface area contributed by atoms with Gasteiger partial charge in [-0.05, 0) is 56.1 Å². The molecule has 2 aromatic carbocycles. The number of benzene rings is 2. The second-order valence-corrected chi connectivity index (χ2v) is 6.89. The van der Waals surface area contributed by atoms with Crippen LogP contribution in [0.5, 0.6) is 5.75 Å². The van der Waals surface area contributed by atoms with Gasteiger partial charge in [-0.1, -0.05) is 34.8 Å². The van der Waals surface area contributed by atoms with Crippen molar-refractivity contribution in [2.45, 2.75) is 6.61 Å². The smallest absolute Gasteiger partial charge is 0.148 e. The summed E-state index contributed by atoms with van der Waals surface area (Å²) in [7, 11) is 0. The molecule has 0 aliphatic carbocycles. The molecule has 0 aliphatic heterocycles. The summed E-state index contributed by atoms with van der Waals surface area (Å²) in [6, 6.07) is 8.69. The predicted octanol–water partition coefficient (Wildman–Crippen LogP) is 6.62. The number of nitrogens with zero attached hydrogens (tertiary/aromatic N) is 1. The van der Waals surface area contributed by atoms with Crippen molar-refractivity contribution < 1.29 is 4.74 Å². The Labute approximate surface area is 153 Å². The third kappa shape index (κ3) is 3.85. The van der Waals surface area contributed by atoms with Crippen LogP contribution in [0.2, 0.25) is 15.1 Å². The molecule has 21 heavy (non-hydrogen) atoms. The Bertz CT molecular complexity index is 721. The van der Waals surface area contributed by atoms with Gasteiger partial charge in [-0.25, -0.2) is 0 Å². The molecule has 0 radical (unpaired) electrons. The Morgan fingerprint density at radius 1 is 1.05 bits per heavy atom. The van der Waals surface area contributed by atoms with Gasteiger partial charge in [0.15, 0.2) is 0 Å². The lowest BCUT2D eigenvalue weighted by Crippen LogP contribution is -1.99. The van der Waals surface area contributed by atoms with Crippen LogP contribution in [0.3, 0.4) is 0 Å². The zero-order valence-corrected chi connectivity index (χ0v) is 15.7. The van der Waals surface area contributed by atoms with Crippen LogP contribution in [0.25, 0.3) is 0 Å². The molecule has 0 saturated carbocycles. The highest BCUT2D eigenvalue weighted by Gasteiger charge is 2.13. The molecule has 0 heterocycles. The van der Waals surface area contributed by atoms with E-state index in [0.717, 1.165) is 0 Å². The zero-order valence-electron chi connectivity index (χ0n) is 10.3. The van der Waals surface area contributed by atoms with Crippen LogP contribution in [0.1, 0.15) is 11.1 Å². The van der Waals surface area contributed by atoms with Gasteiger partial charge in [0.25, 0.3) is 0 Å². The van der Waals surface area contributed by atoms with E-state index in [2.05, 4.69) is 37.9 Å². The summed E-state index contributed by atoms with van der Waals surface area (Å²) in [6.07, 6.45) is 0. The van der Waals surface area contributed by atoms with Crippen LogP contribution >= 0.6 is 66.7 Å². The topological polar surface area (TPSA) is 33.0 Å². The fourth-order valence-electron chi connectivity index (χ4n) is 1.61. The van der Waals surface area contributed by atoms with Gasteiger partial charge in [-0.2, -0.15) is 5.26 Å². The molecule has 0 unspecified atom stereocenters. The maximum absolute atomic E-state index is 8.91. The van der Waals surface area contributed by atoms with Gasteiger partial charge in [0.05, 0.1) is 30.6 Å². The third-order valence-electron chi connectivity index (χ3n) is 2.63. The standard InChI is InChI=1S/C14H6Br2Cl3NO/c15-9-3-7(5-20)4-10(16)14(9)21-6-8-11(17)1-2-12(18)13(8)19/h1-4H,6H2. The Kier molecular flexibility index (Phi) is 5.81. The van der Waals surface area contributed by atoms with E-state index in [1.807, 2.05) is 0 Å². The number of rotatable bonds is 3. The Morgan fingerprint density at radius 3 is 2.19 bits per heavy atom. The first kappa shape index (κ1) is 16.9. The summed E-state index contributed by atoms with van der Waals surface area (Å²) in [5.41, 5.74) is 1.12. The first-order valence-electron chi connectivity index (χ1n) is 5.58. The quantitative estimate of drug-likeness (QED) is 0.473. The SMILES string of the molecule is N#Cc1cc(Br)c(OCc2c(Cl)ccc(Cl)c2Cl)c(Br)c1. The lowest BCUT2D eigenvalue weighted by Gasteiger charge is -2.13. The number of hydrogen-bond acceptors (Lipinski definition) is 2. The van der Waals surface area contributed by atoms with Gasteiger partial charge < -0.3 is 4.74 Å². The maximum Gasteiger partial charge on any atom is 0.148 e. The minimum absolute atomic E-state index is 0.154. The van der Waals surface area contributed by atoms with Crippen LogP contribution in [0, 0.1) is 11.3 Å². The third-order valence-corrected chi connectivity index (χ3v) is 5.00. The number of ether oxygens (including phenoxy) is 1. The average molecular weight is 470 g/mol. The zero-order chi connectivity index (χ0) is 15.6. The van der Waals surface area contributed by atoms with E-state index in [9.17, 15) is 0 Å². The first-order chi connectivity index (χ1) is 9.93. The lowest BCUT2D eigenvalue weighted by atomic mass is 10.2. The number of halogens is 5. The van der Waals surface area contributed by atoms with Gasteiger partial charge in [0, 0.05) is 10.6 Å². The summed E-state index contributed by atoms with van der Waals surface area (Å²) in [5, 5.41) is 10.2. The van der Waals surface area contributed by atoms with Crippen molar-refractivity contribution in [2.75, 3.05) is 0 Å². The molecule has 0 aliphatic rings. The summed E-state index contributed by atoms with van der Waals surface area (Å²) < 4.78 is 7.05. The molecule has 0 saturated heterocycles. The summed E-state index contributed by atoms with van der Waals surface area (Å²) in [4.78, 5) is 0. The fraction of sp³-hybridized carbons (Fsp3) is 0.0714. The molecular formula is C14H6Br2Cl3NO. The highest BCUT2D eigenvalue weighted by atomic mass is 79.9. The van der Waals surface area contributed by atoms with Crippen LogP contribution in [-0.2, 0) is 6.61 Å². The second kappa shape index (κ2) is 7.21. The van der Waals surface area contributed by atoms with Crippen molar-refractivity contribution in [3.63, 3.8) is 0 Å². The lowest BCUT2D eigenvalue weighted by molar-refractivity contribution is 0.302. The Balaban J connectivity index is 2.30. The normalized spacial score (nSPS) is 10.3. The van der Waals surface area contributed by atoms with Gasteiger partial charge >= 0.3 is 0 Å². The largest absolute Gasteiger partial charge is 0.486 e. The van der Waals surface area contributed by atoms with E-state index in [1.54, 1.807) is 24.3 Å². The molecule has 0 N–H and O–H groups in total. The molecule has 0 atom stereocenters. The van der Waals surface area contributed by atoms with Crippen LogP contribution in [0.4, 0.5) is 0 Å². The van der Waals surface area contributed by atoms with Crippen LogP contribution in [-0.4, -0.2) is 0 Å². The maximum atomic E-state index is 8.91. The van der Waals surface area contributed by atoms with E-state index in [1.165, 1.54) is 0 Å². The minimum Gasteiger partial charge on any atom is -0.486 e. The highest BCUT2D eigenvalue weighted by Crippen LogP contribution is 2.37.